The van der Waals surface area contributed by atoms with E-state index in [-0.39, 0.29) is 31.6 Å². The van der Waals surface area contributed by atoms with Gasteiger partial charge in [-0.05, 0) is 38.1 Å². The molecule has 208 valence electrons. The summed E-state index contributed by atoms with van der Waals surface area (Å²) in [6.45, 7) is 3.90. The van der Waals surface area contributed by atoms with Crippen LogP contribution in [0.5, 0.6) is 0 Å². The minimum Gasteiger partial charge on any atom is -0.480 e. The number of aromatic nitrogens is 2. The van der Waals surface area contributed by atoms with Crippen LogP contribution in [0.2, 0.25) is 0 Å². The van der Waals surface area contributed by atoms with Crippen LogP contribution in [0.1, 0.15) is 58.1 Å². The van der Waals surface area contributed by atoms with Crippen molar-refractivity contribution in [2.24, 2.45) is 23.1 Å². The maximum absolute atomic E-state index is 13.3. The number of hydrogen-bond acceptors (Lipinski definition) is 8. The molecule has 0 saturated carbocycles. The van der Waals surface area contributed by atoms with Crippen molar-refractivity contribution in [3.63, 3.8) is 0 Å². The summed E-state index contributed by atoms with van der Waals surface area (Å²) in [7, 11) is 0. The number of imidazole rings is 1. The van der Waals surface area contributed by atoms with Gasteiger partial charge in [0.25, 0.3) is 0 Å². The third-order valence-corrected chi connectivity index (χ3v) is 6.01. The highest BCUT2D eigenvalue weighted by molar-refractivity contribution is 5.94. The number of amides is 4. The average molecular weight is 525 g/mol. The van der Waals surface area contributed by atoms with Gasteiger partial charge in [0.15, 0.2) is 0 Å². The maximum Gasteiger partial charge on any atom is 0.326 e. The Morgan fingerprint density at radius 3 is 2.22 bits per heavy atom. The number of unbranched alkanes of at least 4 members (excludes halogenated alkanes) is 1. The third-order valence-electron chi connectivity index (χ3n) is 6.01. The standard InChI is InChI=1S/C23H40N8O6/c1-3-13(2)19(23(36)37)31-21(34)16(6-4-5-9-24)29-22(35)17(10-14-11-27-12-28-14)30-20(33)15(25)7-8-18(26)32/h11-13,15-17,19H,3-10,24-25H2,1-2H3,(H2,26,32)(H,27,28)(H,29,35)(H,30,33)(H,31,34)(H,36,37). The summed E-state index contributed by atoms with van der Waals surface area (Å²) in [4.78, 5) is 68.4. The van der Waals surface area contributed by atoms with Gasteiger partial charge in [0, 0.05) is 24.7 Å². The lowest BCUT2D eigenvalue weighted by atomic mass is 9.98. The van der Waals surface area contributed by atoms with Crippen LogP contribution >= 0.6 is 0 Å². The van der Waals surface area contributed by atoms with Gasteiger partial charge in [0.05, 0.1) is 12.4 Å². The van der Waals surface area contributed by atoms with Gasteiger partial charge in [-0.1, -0.05) is 20.3 Å². The van der Waals surface area contributed by atoms with Gasteiger partial charge in [-0.3, -0.25) is 19.2 Å². The lowest BCUT2D eigenvalue weighted by molar-refractivity contribution is -0.144. The lowest BCUT2D eigenvalue weighted by Gasteiger charge is -2.26. The van der Waals surface area contributed by atoms with Crippen LogP contribution in [0, 0.1) is 5.92 Å². The van der Waals surface area contributed by atoms with E-state index in [1.807, 2.05) is 6.92 Å². The van der Waals surface area contributed by atoms with E-state index in [9.17, 15) is 29.1 Å². The number of aliphatic carboxylic acids is 1. The fourth-order valence-corrected chi connectivity index (χ4v) is 3.50. The Balaban J connectivity index is 3.06. The highest BCUT2D eigenvalue weighted by atomic mass is 16.4. The van der Waals surface area contributed by atoms with Gasteiger partial charge in [-0.15, -0.1) is 0 Å². The highest BCUT2D eigenvalue weighted by Crippen LogP contribution is 2.10. The summed E-state index contributed by atoms with van der Waals surface area (Å²) in [5, 5.41) is 17.3. The number of carbonyl (C=O) groups is 5. The zero-order chi connectivity index (χ0) is 28.0. The normalized spacial score (nSPS) is 15.0. The Labute approximate surface area is 215 Å². The number of rotatable bonds is 18. The second kappa shape index (κ2) is 16.3. The number of carboxylic acid groups (broad SMARTS) is 1. The molecule has 0 aliphatic heterocycles. The second-order valence-electron chi connectivity index (χ2n) is 9.01. The SMILES string of the molecule is CCC(C)C(NC(=O)C(CCCCN)NC(=O)C(Cc1cnc[nH]1)NC(=O)C(N)CCC(N)=O)C(=O)O. The molecule has 0 fully saturated rings. The van der Waals surface area contributed by atoms with Gasteiger partial charge in [0.2, 0.25) is 23.6 Å². The molecule has 11 N–H and O–H groups in total. The summed E-state index contributed by atoms with van der Waals surface area (Å²) in [5.74, 6) is -4.12. The molecular formula is C23H40N8O6. The molecule has 0 spiro atoms. The predicted octanol–water partition coefficient (Wildman–Crippen LogP) is -1.74. The first kappa shape index (κ1) is 31.5. The minimum atomic E-state index is -1.18. The summed E-state index contributed by atoms with van der Waals surface area (Å²) >= 11 is 0. The Hall–Kier alpha value is -3.52. The van der Waals surface area contributed by atoms with Gasteiger partial charge < -0.3 is 43.2 Å². The predicted molar refractivity (Wildman–Crippen MR) is 134 cm³/mol. The molecule has 1 heterocycles. The number of carbonyl (C=O) groups excluding carboxylic acids is 4. The molecule has 1 aromatic rings. The number of nitrogens with two attached hydrogens (primary N) is 3. The number of carboxylic acids is 1. The van der Waals surface area contributed by atoms with Crippen molar-refractivity contribution in [1.82, 2.24) is 25.9 Å². The van der Waals surface area contributed by atoms with Crippen LogP contribution in [0.3, 0.4) is 0 Å². The molecule has 5 unspecified atom stereocenters. The van der Waals surface area contributed by atoms with E-state index in [0.717, 1.165) is 0 Å². The first-order chi connectivity index (χ1) is 17.5. The Kier molecular flexibility index (Phi) is 13.9. The van der Waals surface area contributed by atoms with Crippen molar-refractivity contribution in [3.8, 4) is 0 Å². The maximum atomic E-state index is 13.3. The number of nitrogens with zero attached hydrogens (tertiary/aromatic N) is 1. The molecular weight excluding hydrogens is 484 g/mol. The first-order valence-electron chi connectivity index (χ1n) is 12.3. The van der Waals surface area contributed by atoms with Crippen LogP contribution in [0.4, 0.5) is 0 Å². The molecule has 37 heavy (non-hydrogen) atoms. The average Bonchev–Trinajstić information content (AvgIpc) is 3.37. The number of H-pyrrole nitrogens is 1. The molecule has 1 rings (SSSR count). The molecule has 1 aromatic heterocycles. The molecule has 0 aromatic carbocycles. The van der Waals surface area contributed by atoms with Crippen molar-refractivity contribution in [2.75, 3.05) is 6.54 Å². The van der Waals surface area contributed by atoms with Gasteiger partial charge in [-0.25, -0.2) is 9.78 Å². The fourth-order valence-electron chi connectivity index (χ4n) is 3.50. The molecule has 0 radical (unpaired) electrons. The van der Waals surface area contributed by atoms with Crippen LogP contribution < -0.4 is 33.2 Å². The number of primary amides is 1. The molecule has 0 bridgehead atoms. The summed E-state index contributed by atoms with van der Waals surface area (Å²) < 4.78 is 0. The van der Waals surface area contributed by atoms with E-state index < -0.39 is 53.8 Å². The zero-order valence-electron chi connectivity index (χ0n) is 21.4. The monoisotopic (exact) mass is 524 g/mol. The Morgan fingerprint density at radius 2 is 1.68 bits per heavy atom. The Morgan fingerprint density at radius 1 is 1.03 bits per heavy atom. The zero-order valence-corrected chi connectivity index (χ0v) is 21.4. The van der Waals surface area contributed by atoms with Gasteiger partial charge in [-0.2, -0.15) is 0 Å². The van der Waals surface area contributed by atoms with E-state index in [1.165, 1.54) is 12.5 Å². The van der Waals surface area contributed by atoms with E-state index in [1.54, 1.807) is 6.92 Å². The summed E-state index contributed by atoms with van der Waals surface area (Å²) in [6, 6.07) is -4.41. The fraction of sp³-hybridized carbons (Fsp3) is 0.652. The molecule has 0 saturated heterocycles. The molecule has 0 aliphatic carbocycles. The summed E-state index contributed by atoms with van der Waals surface area (Å²) in [6.07, 6.45) is 4.64. The van der Waals surface area contributed by atoms with Crippen LogP contribution in [-0.4, -0.2) is 75.4 Å². The summed E-state index contributed by atoms with van der Waals surface area (Å²) in [5.41, 5.74) is 17.0. The quantitative estimate of drug-likeness (QED) is 0.101. The van der Waals surface area contributed by atoms with Gasteiger partial charge in [0.1, 0.15) is 18.1 Å². The van der Waals surface area contributed by atoms with Crippen LogP contribution in [-0.2, 0) is 30.4 Å². The number of nitrogens with one attached hydrogen (secondary N) is 4. The van der Waals surface area contributed by atoms with Crippen molar-refractivity contribution < 1.29 is 29.1 Å². The highest BCUT2D eigenvalue weighted by Gasteiger charge is 2.32. The van der Waals surface area contributed by atoms with E-state index in [4.69, 9.17) is 17.2 Å². The van der Waals surface area contributed by atoms with Crippen molar-refractivity contribution in [1.29, 1.82) is 0 Å². The van der Waals surface area contributed by atoms with Gasteiger partial charge >= 0.3 is 5.97 Å². The minimum absolute atomic E-state index is 0.00409. The van der Waals surface area contributed by atoms with E-state index in [0.29, 0.717) is 31.5 Å². The second-order valence-corrected chi connectivity index (χ2v) is 9.01. The van der Waals surface area contributed by atoms with Crippen LogP contribution in [0.15, 0.2) is 12.5 Å². The van der Waals surface area contributed by atoms with Crippen molar-refractivity contribution >= 4 is 29.6 Å². The molecule has 5 atom stereocenters. The number of hydrogen-bond donors (Lipinski definition) is 8. The third kappa shape index (κ3) is 11.4. The van der Waals surface area contributed by atoms with E-state index in [2.05, 4.69) is 25.9 Å². The smallest absolute Gasteiger partial charge is 0.326 e. The topological polar surface area (TPSA) is 248 Å². The molecule has 14 nitrogen and oxygen atoms in total. The molecule has 4 amide bonds. The van der Waals surface area contributed by atoms with Crippen LogP contribution in [0.25, 0.3) is 0 Å². The largest absolute Gasteiger partial charge is 0.480 e. The Bertz CT molecular complexity index is 894. The first-order valence-corrected chi connectivity index (χ1v) is 12.3. The lowest BCUT2D eigenvalue weighted by Crippen LogP contribution is -2.58. The van der Waals surface area contributed by atoms with E-state index >= 15 is 0 Å². The molecule has 14 heteroatoms. The van der Waals surface area contributed by atoms with Crippen molar-refractivity contribution in [2.45, 2.75) is 83.0 Å². The number of aromatic amines is 1. The molecule has 0 aliphatic rings. The van der Waals surface area contributed by atoms with Crippen molar-refractivity contribution in [3.05, 3.63) is 18.2 Å².